The maximum Gasteiger partial charge on any atom is 0.123 e. The Kier molecular flexibility index (Phi) is 3.94. The molecule has 0 saturated carbocycles. The van der Waals surface area contributed by atoms with E-state index in [0.29, 0.717) is 6.54 Å². The molecule has 2 heterocycles. The molecule has 0 spiro atoms. The predicted octanol–water partition coefficient (Wildman–Crippen LogP) is 2.20. The van der Waals surface area contributed by atoms with Gasteiger partial charge in [0.05, 0.1) is 0 Å². The van der Waals surface area contributed by atoms with Crippen LogP contribution in [0.3, 0.4) is 0 Å². The molecule has 2 aliphatic heterocycles. The van der Waals surface area contributed by atoms with Crippen LogP contribution in [0.1, 0.15) is 24.8 Å². The number of likely N-dealkylation sites (tertiary alicyclic amines) is 1. The van der Waals surface area contributed by atoms with Crippen molar-refractivity contribution in [2.45, 2.75) is 31.8 Å². The summed E-state index contributed by atoms with van der Waals surface area (Å²) in [6, 6.07) is 5.74. The molecule has 20 heavy (non-hydrogen) atoms. The molecule has 3 nitrogen and oxygen atoms in total. The standard InChI is InChI=1S/C16H24FN3/c1-19-7-2-3-12-11-20(8-6-15(12)19)16-5-4-14(17)9-13(16)10-18/h4-5,9,12,15H,2-3,6-8,10-11,18H2,1H3. The highest BCUT2D eigenvalue weighted by atomic mass is 19.1. The summed E-state index contributed by atoms with van der Waals surface area (Å²) >= 11 is 0. The second-order valence-corrected chi connectivity index (χ2v) is 6.16. The van der Waals surface area contributed by atoms with Crippen molar-refractivity contribution in [2.24, 2.45) is 11.7 Å². The van der Waals surface area contributed by atoms with Gasteiger partial charge in [-0.25, -0.2) is 4.39 Å². The van der Waals surface area contributed by atoms with E-state index < -0.39 is 0 Å². The maximum atomic E-state index is 13.3. The number of piperidine rings is 2. The second kappa shape index (κ2) is 5.70. The van der Waals surface area contributed by atoms with E-state index in [4.69, 9.17) is 5.73 Å². The Balaban J connectivity index is 1.79. The number of rotatable bonds is 2. The zero-order chi connectivity index (χ0) is 14.1. The number of halogens is 1. The lowest BCUT2D eigenvalue weighted by molar-refractivity contribution is 0.102. The van der Waals surface area contributed by atoms with Gasteiger partial charge in [0.15, 0.2) is 0 Å². The van der Waals surface area contributed by atoms with Crippen LogP contribution in [-0.2, 0) is 6.54 Å². The monoisotopic (exact) mass is 277 g/mol. The number of hydrogen-bond acceptors (Lipinski definition) is 3. The van der Waals surface area contributed by atoms with Crippen molar-refractivity contribution < 1.29 is 4.39 Å². The van der Waals surface area contributed by atoms with Gasteiger partial charge in [-0.05, 0) is 62.5 Å². The number of nitrogens with zero attached hydrogens (tertiary/aromatic N) is 2. The molecule has 2 aliphatic rings. The van der Waals surface area contributed by atoms with Crippen LogP contribution in [0.2, 0.25) is 0 Å². The highest BCUT2D eigenvalue weighted by molar-refractivity contribution is 5.54. The Bertz CT molecular complexity index is 477. The normalized spacial score (nSPS) is 27.4. The number of hydrogen-bond donors (Lipinski definition) is 1. The highest BCUT2D eigenvalue weighted by Gasteiger charge is 2.34. The molecular weight excluding hydrogens is 253 g/mol. The average molecular weight is 277 g/mol. The van der Waals surface area contributed by atoms with E-state index in [1.54, 1.807) is 12.1 Å². The van der Waals surface area contributed by atoms with E-state index in [1.807, 2.05) is 6.07 Å². The highest BCUT2D eigenvalue weighted by Crippen LogP contribution is 2.33. The van der Waals surface area contributed by atoms with Crippen LogP contribution >= 0.6 is 0 Å². The Hall–Kier alpha value is -1.13. The summed E-state index contributed by atoms with van der Waals surface area (Å²) < 4.78 is 13.3. The van der Waals surface area contributed by atoms with Crippen molar-refractivity contribution in [2.75, 3.05) is 31.6 Å². The van der Waals surface area contributed by atoms with E-state index in [1.165, 1.54) is 25.8 Å². The minimum atomic E-state index is -0.193. The minimum Gasteiger partial charge on any atom is -0.371 e. The smallest absolute Gasteiger partial charge is 0.123 e. The first-order chi connectivity index (χ1) is 9.69. The van der Waals surface area contributed by atoms with Gasteiger partial charge in [-0.3, -0.25) is 0 Å². The quantitative estimate of drug-likeness (QED) is 0.899. The molecule has 110 valence electrons. The molecule has 0 aromatic heterocycles. The summed E-state index contributed by atoms with van der Waals surface area (Å²) in [7, 11) is 2.25. The fourth-order valence-corrected chi connectivity index (χ4v) is 3.90. The number of fused-ring (bicyclic) bond motifs is 1. The third-order valence-corrected chi connectivity index (χ3v) is 4.95. The molecule has 2 unspecified atom stereocenters. The van der Waals surface area contributed by atoms with E-state index in [9.17, 15) is 4.39 Å². The van der Waals surface area contributed by atoms with Gasteiger partial charge in [-0.2, -0.15) is 0 Å². The SMILES string of the molecule is CN1CCCC2CN(c3ccc(F)cc3CN)CCC21. The molecule has 2 fully saturated rings. The largest absolute Gasteiger partial charge is 0.371 e. The summed E-state index contributed by atoms with van der Waals surface area (Å²) in [6.45, 7) is 3.75. The lowest BCUT2D eigenvalue weighted by Crippen LogP contribution is -2.52. The molecule has 0 bridgehead atoms. The van der Waals surface area contributed by atoms with Crippen molar-refractivity contribution >= 4 is 5.69 Å². The van der Waals surface area contributed by atoms with Crippen LogP contribution in [0.4, 0.5) is 10.1 Å². The van der Waals surface area contributed by atoms with Gasteiger partial charge < -0.3 is 15.5 Å². The average Bonchev–Trinajstić information content (AvgIpc) is 2.47. The fraction of sp³-hybridized carbons (Fsp3) is 0.625. The molecule has 4 heteroatoms. The topological polar surface area (TPSA) is 32.5 Å². The van der Waals surface area contributed by atoms with Crippen molar-refractivity contribution in [1.82, 2.24) is 4.90 Å². The Morgan fingerprint density at radius 2 is 2.15 bits per heavy atom. The molecule has 1 aromatic rings. The summed E-state index contributed by atoms with van der Waals surface area (Å²) in [5.74, 6) is 0.541. The van der Waals surface area contributed by atoms with Gasteiger partial charge in [-0.15, -0.1) is 0 Å². The molecular formula is C16H24FN3. The Morgan fingerprint density at radius 3 is 2.95 bits per heavy atom. The van der Waals surface area contributed by atoms with E-state index >= 15 is 0 Å². The maximum absolute atomic E-state index is 13.3. The van der Waals surface area contributed by atoms with Crippen molar-refractivity contribution in [3.05, 3.63) is 29.6 Å². The third-order valence-electron chi connectivity index (χ3n) is 4.95. The lowest BCUT2D eigenvalue weighted by Gasteiger charge is -2.47. The van der Waals surface area contributed by atoms with Crippen LogP contribution in [0.25, 0.3) is 0 Å². The van der Waals surface area contributed by atoms with Gasteiger partial charge >= 0.3 is 0 Å². The molecule has 0 amide bonds. The predicted molar refractivity (Wildman–Crippen MR) is 80.3 cm³/mol. The van der Waals surface area contributed by atoms with Crippen molar-refractivity contribution in [3.8, 4) is 0 Å². The molecule has 2 N–H and O–H groups in total. The first kappa shape index (κ1) is 13.8. The van der Waals surface area contributed by atoms with Crippen molar-refractivity contribution in [3.63, 3.8) is 0 Å². The van der Waals surface area contributed by atoms with Gasteiger partial charge in [0, 0.05) is 31.4 Å². The van der Waals surface area contributed by atoms with Crippen molar-refractivity contribution in [1.29, 1.82) is 0 Å². The molecule has 0 aliphatic carbocycles. The van der Waals surface area contributed by atoms with Crippen LogP contribution in [0.5, 0.6) is 0 Å². The van der Waals surface area contributed by atoms with E-state index in [0.717, 1.165) is 36.3 Å². The first-order valence-corrected chi connectivity index (χ1v) is 7.62. The van der Waals surface area contributed by atoms with Gasteiger partial charge in [0.25, 0.3) is 0 Å². The second-order valence-electron chi connectivity index (χ2n) is 6.16. The first-order valence-electron chi connectivity index (χ1n) is 7.62. The number of benzene rings is 1. The molecule has 2 atom stereocenters. The van der Waals surface area contributed by atoms with E-state index in [-0.39, 0.29) is 5.82 Å². The van der Waals surface area contributed by atoms with Gasteiger partial charge in [-0.1, -0.05) is 0 Å². The molecule has 2 saturated heterocycles. The molecule has 0 radical (unpaired) electrons. The third kappa shape index (κ3) is 2.54. The van der Waals surface area contributed by atoms with Crippen LogP contribution < -0.4 is 10.6 Å². The molecule has 3 rings (SSSR count). The Labute approximate surface area is 120 Å². The van der Waals surface area contributed by atoms with Crippen LogP contribution in [0, 0.1) is 11.7 Å². The zero-order valence-corrected chi connectivity index (χ0v) is 12.2. The molecule has 1 aromatic carbocycles. The van der Waals surface area contributed by atoms with Crippen LogP contribution in [-0.4, -0.2) is 37.6 Å². The number of anilines is 1. The van der Waals surface area contributed by atoms with Gasteiger partial charge in [0.2, 0.25) is 0 Å². The number of nitrogens with two attached hydrogens (primary N) is 1. The van der Waals surface area contributed by atoms with Crippen LogP contribution in [0.15, 0.2) is 18.2 Å². The van der Waals surface area contributed by atoms with Gasteiger partial charge in [0.1, 0.15) is 5.82 Å². The summed E-state index contributed by atoms with van der Waals surface area (Å²) in [4.78, 5) is 4.92. The summed E-state index contributed by atoms with van der Waals surface area (Å²) in [5.41, 5.74) is 7.83. The summed E-state index contributed by atoms with van der Waals surface area (Å²) in [6.07, 6.45) is 3.80. The summed E-state index contributed by atoms with van der Waals surface area (Å²) in [5, 5.41) is 0. The zero-order valence-electron chi connectivity index (χ0n) is 12.2. The fourth-order valence-electron chi connectivity index (χ4n) is 3.90. The lowest BCUT2D eigenvalue weighted by atomic mass is 9.84. The Morgan fingerprint density at radius 1 is 1.30 bits per heavy atom. The minimum absolute atomic E-state index is 0.193. The van der Waals surface area contributed by atoms with E-state index in [2.05, 4.69) is 16.8 Å².